The van der Waals surface area contributed by atoms with Gasteiger partial charge < -0.3 is 10.1 Å². The molecule has 154 valence electrons. The number of carbonyl (C=O) groups excluding carboxylic acids is 1. The first-order chi connectivity index (χ1) is 13.9. The molecule has 29 heavy (non-hydrogen) atoms. The van der Waals surface area contributed by atoms with Crippen LogP contribution >= 0.6 is 0 Å². The first-order valence-electron chi connectivity index (χ1n) is 9.53. The standard InChI is InChI=1S/C22H26N2O4S/c1-3-14-29(26,27)24-13-12-23-22(25)19(16-24)15-18-6-4-5-7-21(18)17-8-10-20(28-2)11-9-17/h3-11,19H,1,12-16H2,2H3,(H,23,25). The Kier molecular flexibility index (Phi) is 6.71. The first-order valence-corrected chi connectivity index (χ1v) is 11.1. The van der Waals surface area contributed by atoms with E-state index in [1.807, 2.05) is 48.5 Å². The van der Waals surface area contributed by atoms with Crippen molar-refractivity contribution in [1.29, 1.82) is 0 Å². The molecule has 0 saturated carbocycles. The average Bonchev–Trinajstić information content (AvgIpc) is 2.91. The van der Waals surface area contributed by atoms with Gasteiger partial charge in [-0.25, -0.2) is 8.42 Å². The highest BCUT2D eigenvalue weighted by Crippen LogP contribution is 2.28. The Morgan fingerprint density at radius 2 is 1.93 bits per heavy atom. The summed E-state index contributed by atoms with van der Waals surface area (Å²) in [7, 11) is -1.84. The van der Waals surface area contributed by atoms with E-state index in [2.05, 4.69) is 11.9 Å². The quantitative estimate of drug-likeness (QED) is 0.707. The van der Waals surface area contributed by atoms with E-state index in [0.29, 0.717) is 13.0 Å². The SMILES string of the molecule is C=CCS(=O)(=O)N1CCNC(=O)C(Cc2ccccc2-c2ccc(OC)cc2)C1. The van der Waals surface area contributed by atoms with Gasteiger partial charge in [0.05, 0.1) is 18.8 Å². The van der Waals surface area contributed by atoms with Crippen molar-refractivity contribution in [3.05, 3.63) is 66.7 Å². The Bertz CT molecular complexity index is 971. The monoisotopic (exact) mass is 414 g/mol. The van der Waals surface area contributed by atoms with E-state index in [4.69, 9.17) is 4.74 Å². The Morgan fingerprint density at radius 3 is 2.62 bits per heavy atom. The maximum Gasteiger partial charge on any atom is 0.224 e. The smallest absolute Gasteiger partial charge is 0.224 e. The molecule has 1 saturated heterocycles. The molecule has 1 amide bonds. The predicted molar refractivity (Wildman–Crippen MR) is 114 cm³/mol. The molecule has 2 aromatic rings. The molecule has 7 heteroatoms. The first kappa shape index (κ1) is 21.1. The topological polar surface area (TPSA) is 75.7 Å². The highest BCUT2D eigenvalue weighted by molar-refractivity contribution is 7.89. The molecule has 1 N–H and O–H groups in total. The van der Waals surface area contributed by atoms with Crippen LogP contribution in [0, 0.1) is 5.92 Å². The fourth-order valence-electron chi connectivity index (χ4n) is 3.55. The average molecular weight is 415 g/mol. The molecule has 1 atom stereocenters. The lowest BCUT2D eigenvalue weighted by molar-refractivity contribution is -0.124. The number of hydrogen-bond donors (Lipinski definition) is 1. The van der Waals surface area contributed by atoms with Crippen LogP contribution in [-0.2, 0) is 21.2 Å². The van der Waals surface area contributed by atoms with E-state index in [1.165, 1.54) is 10.4 Å². The third kappa shape index (κ3) is 5.05. The van der Waals surface area contributed by atoms with Crippen LogP contribution in [0.5, 0.6) is 5.75 Å². The van der Waals surface area contributed by atoms with Crippen molar-refractivity contribution < 1.29 is 17.9 Å². The van der Waals surface area contributed by atoms with Crippen molar-refractivity contribution >= 4 is 15.9 Å². The maximum atomic E-state index is 12.6. The van der Waals surface area contributed by atoms with E-state index < -0.39 is 15.9 Å². The Hall–Kier alpha value is -2.64. The van der Waals surface area contributed by atoms with Crippen LogP contribution in [-0.4, -0.2) is 51.1 Å². The number of benzene rings is 2. The van der Waals surface area contributed by atoms with E-state index >= 15 is 0 Å². The van der Waals surface area contributed by atoms with Crippen LogP contribution in [0.25, 0.3) is 11.1 Å². The molecular weight excluding hydrogens is 388 g/mol. The molecule has 1 fully saturated rings. The molecule has 1 unspecified atom stereocenters. The minimum atomic E-state index is -3.47. The molecule has 0 spiro atoms. The number of ether oxygens (including phenoxy) is 1. The highest BCUT2D eigenvalue weighted by atomic mass is 32.2. The molecule has 0 radical (unpaired) electrons. The Labute approximate surface area is 172 Å². The van der Waals surface area contributed by atoms with Crippen molar-refractivity contribution in [2.45, 2.75) is 6.42 Å². The van der Waals surface area contributed by atoms with Crippen LogP contribution < -0.4 is 10.1 Å². The second-order valence-corrected chi connectivity index (χ2v) is 9.02. The van der Waals surface area contributed by atoms with Gasteiger partial charge in [0.2, 0.25) is 15.9 Å². The lowest BCUT2D eigenvalue weighted by Crippen LogP contribution is -2.38. The third-order valence-corrected chi connectivity index (χ3v) is 6.84. The number of rotatable bonds is 7. The van der Waals surface area contributed by atoms with Gasteiger partial charge in [0.25, 0.3) is 0 Å². The highest BCUT2D eigenvalue weighted by Gasteiger charge is 2.31. The van der Waals surface area contributed by atoms with Crippen molar-refractivity contribution in [1.82, 2.24) is 9.62 Å². The number of nitrogens with zero attached hydrogens (tertiary/aromatic N) is 1. The Morgan fingerprint density at radius 1 is 1.21 bits per heavy atom. The fraction of sp³-hybridized carbons (Fsp3) is 0.318. The van der Waals surface area contributed by atoms with E-state index in [-0.39, 0.29) is 24.7 Å². The van der Waals surface area contributed by atoms with E-state index in [0.717, 1.165) is 22.4 Å². The largest absolute Gasteiger partial charge is 0.497 e. The number of sulfonamides is 1. The van der Waals surface area contributed by atoms with Crippen molar-refractivity contribution in [2.75, 3.05) is 32.5 Å². The van der Waals surface area contributed by atoms with Gasteiger partial charge in [0.15, 0.2) is 0 Å². The second-order valence-electron chi connectivity index (χ2n) is 7.00. The summed E-state index contributed by atoms with van der Waals surface area (Å²) in [5.41, 5.74) is 3.04. The van der Waals surface area contributed by atoms with Crippen molar-refractivity contribution in [2.24, 2.45) is 5.92 Å². The summed E-state index contributed by atoms with van der Waals surface area (Å²) < 4.78 is 31.6. The number of nitrogens with one attached hydrogen (secondary N) is 1. The maximum absolute atomic E-state index is 12.6. The number of methoxy groups -OCH3 is 1. The summed E-state index contributed by atoms with van der Waals surface area (Å²) in [5.74, 6) is 0.0656. The van der Waals surface area contributed by atoms with Crippen LogP contribution in [0.2, 0.25) is 0 Å². The zero-order valence-electron chi connectivity index (χ0n) is 16.5. The van der Waals surface area contributed by atoms with Gasteiger partial charge in [-0.05, 0) is 35.2 Å². The summed E-state index contributed by atoms with van der Waals surface area (Å²) in [6.07, 6.45) is 1.83. The van der Waals surface area contributed by atoms with Gasteiger partial charge in [0, 0.05) is 19.6 Å². The van der Waals surface area contributed by atoms with Crippen molar-refractivity contribution in [3.63, 3.8) is 0 Å². The summed E-state index contributed by atoms with van der Waals surface area (Å²) >= 11 is 0. The number of hydrogen-bond acceptors (Lipinski definition) is 4. The molecule has 2 aromatic carbocycles. The minimum absolute atomic E-state index is 0.120. The number of amides is 1. The van der Waals surface area contributed by atoms with Gasteiger partial charge in [-0.1, -0.05) is 42.5 Å². The molecular formula is C22H26N2O4S. The lowest BCUT2D eigenvalue weighted by atomic mass is 9.91. The van der Waals surface area contributed by atoms with E-state index in [9.17, 15) is 13.2 Å². The van der Waals surface area contributed by atoms with Crippen LogP contribution in [0.3, 0.4) is 0 Å². The van der Waals surface area contributed by atoms with Gasteiger partial charge in [0.1, 0.15) is 5.75 Å². The van der Waals surface area contributed by atoms with Crippen LogP contribution in [0.4, 0.5) is 0 Å². The van der Waals surface area contributed by atoms with Crippen LogP contribution in [0.15, 0.2) is 61.2 Å². The molecule has 0 aliphatic carbocycles. The summed E-state index contributed by atoms with van der Waals surface area (Å²) in [5, 5.41) is 2.85. The molecule has 1 aliphatic heterocycles. The van der Waals surface area contributed by atoms with Gasteiger partial charge in [-0.15, -0.1) is 6.58 Å². The van der Waals surface area contributed by atoms with Gasteiger partial charge >= 0.3 is 0 Å². The molecule has 3 rings (SSSR count). The zero-order chi connectivity index (χ0) is 20.9. The third-order valence-electron chi connectivity index (χ3n) is 5.06. The lowest BCUT2D eigenvalue weighted by Gasteiger charge is -2.22. The molecule has 0 bridgehead atoms. The van der Waals surface area contributed by atoms with Crippen LogP contribution in [0.1, 0.15) is 5.56 Å². The fourth-order valence-corrected chi connectivity index (χ4v) is 4.83. The molecule has 1 heterocycles. The van der Waals surface area contributed by atoms with E-state index in [1.54, 1.807) is 7.11 Å². The van der Waals surface area contributed by atoms with Gasteiger partial charge in [-0.2, -0.15) is 4.31 Å². The predicted octanol–water partition coefficient (Wildman–Crippen LogP) is 2.47. The molecule has 1 aliphatic rings. The second kappa shape index (κ2) is 9.24. The molecule has 6 nitrogen and oxygen atoms in total. The summed E-state index contributed by atoms with van der Waals surface area (Å²) in [6.45, 7) is 4.28. The van der Waals surface area contributed by atoms with Crippen molar-refractivity contribution in [3.8, 4) is 16.9 Å². The Balaban J connectivity index is 1.87. The summed E-state index contributed by atoms with van der Waals surface area (Å²) in [4.78, 5) is 12.6. The molecule has 0 aromatic heterocycles. The minimum Gasteiger partial charge on any atom is -0.497 e. The number of carbonyl (C=O) groups is 1. The summed E-state index contributed by atoms with van der Waals surface area (Å²) in [6, 6.07) is 15.6. The van der Waals surface area contributed by atoms with Gasteiger partial charge in [-0.3, -0.25) is 4.79 Å². The zero-order valence-corrected chi connectivity index (χ0v) is 17.3. The normalized spacial score (nSPS) is 18.0.